The molecule has 0 rings (SSSR count). The molecule has 0 fully saturated rings. The molecule has 1 atom stereocenters. The fourth-order valence-electron chi connectivity index (χ4n) is 1.16. The van der Waals surface area contributed by atoms with E-state index in [2.05, 4.69) is 5.16 Å². The lowest BCUT2D eigenvalue weighted by atomic mass is 10.1. The highest BCUT2D eigenvalue weighted by atomic mass is 19.4. The Balaban J connectivity index is 4.52. The molecule has 3 N–H and O–H groups in total. The van der Waals surface area contributed by atoms with E-state index in [1.165, 1.54) is 0 Å². The van der Waals surface area contributed by atoms with Gasteiger partial charge in [0.05, 0.1) is 6.42 Å². The quantitative estimate of drug-likeness (QED) is 0.265. The minimum absolute atomic E-state index is 0.602. The van der Waals surface area contributed by atoms with Gasteiger partial charge in [0.15, 0.2) is 5.84 Å². The van der Waals surface area contributed by atoms with Gasteiger partial charge in [0.2, 0.25) is 0 Å². The summed E-state index contributed by atoms with van der Waals surface area (Å²) in [4.78, 5) is 0.823. The average molecular weight is 281 g/mol. The van der Waals surface area contributed by atoms with Crippen LogP contribution in [0.15, 0.2) is 5.16 Å². The second kappa shape index (κ2) is 6.12. The van der Waals surface area contributed by atoms with E-state index in [1.54, 1.807) is 0 Å². The smallest absolute Gasteiger partial charge is 0.400 e. The first-order chi connectivity index (χ1) is 7.97. The van der Waals surface area contributed by atoms with E-state index in [-0.39, 0.29) is 0 Å². The van der Waals surface area contributed by atoms with Crippen LogP contribution in [-0.4, -0.2) is 48.4 Å². The molecule has 0 spiro atoms. The first-order valence-electron chi connectivity index (χ1n) is 4.76. The van der Waals surface area contributed by atoms with Crippen LogP contribution in [0, 0.1) is 5.92 Å². The van der Waals surface area contributed by atoms with Crippen molar-refractivity contribution in [2.45, 2.75) is 18.8 Å². The lowest BCUT2D eigenvalue weighted by Crippen LogP contribution is -2.44. The second-order valence-electron chi connectivity index (χ2n) is 3.75. The molecular weight excluding hydrogens is 268 g/mol. The summed E-state index contributed by atoms with van der Waals surface area (Å²) in [6.07, 6.45) is -10.5. The third kappa shape index (κ3) is 6.52. The van der Waals surface area contributed by atoms with Gasteiger partial charge in [-0.1, -0.05) is 5.16 Å². The van der Waals surface area contributed by atoms with E-state index in [0.717, 1.165) is 11.9 Å². The molecule has 0 saturated heterocycles. The first kappa shape index (κ1) is 16.8. The predicted octanol–water partition coefficient (Wildman–Crippen LogP) is 1.80. The van der Waals surface area contributed by atoms with Crippen LogP contribution < -0.4 is 5.73 Å². The number of hydrogen-bond acceptors (Lipinski definition) is 3. The van der Waals surface area contributed by atoms with Crippen LogP contribution in [-0.2, 0) is 0 Å². The van der Waals surface area contributed by atoms with Gasteiger partial charge in [-0.05, 0) is 7.05 Å². The Morgan fingerprint density at radius 2 is 1.78 bits per heavy atom. The summed E-state index contributed by atoms with van der Waals surface area (Å²) in [6, 6.07) is 0. The first-order valence-corrected chi connectivity index (χ1v) is 4.76. The Hall–Kier alpha value is -1.19. The SMILES string of the molecule is CN(CCC(F)(F)F)CC(C(N)=NO)C(F)(F)F. The van der Waals surface area contributed by atoms with Crippen LogP contribution >= 0.6 is 0 Å². The summed E-state index contributed by atoms with van der Waals surface area (Å²) >= 11 is 0. The van der Waals surface area contributed by atoms with Gasteiger partial charge in [0, 0.05) is 13.1 Å². The van der Waals surface area contributed by atoms with E-state index < -0.39 is 43.6 Å². The molecule has 0 saturated carbocycles. The zero-order valence-electron chi connectivity index (χ0n) is 9.39. The third-order valence-electron chi connectivity index (χ3n) is 2.14. The van der Waals surface area contributed by atoms with Gasteiger partial charge in [-0.2, -0.15) is 26.3 Å². The number of alkyl halides is 6. The second-order valence-corrected chi connectivity index (χ2v) is 3.75. The maximum Gasteiger partial charge on any atom is 0.400 e. The molecule has 18 heavy (non-hydrogen) atoms. The van der Waals surface area contributed by atoms with E-state index in [4.69, 9.17) is 10.9 Å². The van der Waals surface area contributed by atoms with Gasteiger partial charge in [-0.3, -0.25) is 0 Å². The summed E-state index contributed by atoms with van der Waals surface area (Å²) in [6.45, 7) is -1.41. The lowest BCUT2D eigenvalue weighted by molar-refractivity contribution is -0.162. The van der Waals surface area contributed by atoms with Crippen molar-refractivity contribution in [3.63, 3.8) is 0 Å². The van der Waals surface area contributed by atoms with Crippen molar-refractivity contribution in [3.05, 3.63) is 0 Å². The molecule has 1 unspecified atom stereocenters. The van der Waals surface area contributed by atoms with Crippen LogP contribution in [0.5, 0.6) is 0 Å². The fraction of sp³-hybridized carbons (Fsp3) is 0.875. The van der Waals surface area contributed by atoms with Crippen LogP contribution in [0.1, 0.15) is 6.42 Å². The molecule has 0 aliphatic carbocycles. The number of rotatable bonds is 5. The Bertz CT molecular complexity index is 288. The van der Waals surface area contributed by atoms with Crippen molar-refractivity contribution < 1.29 is 31.5 Å². The van der Waals surface area contributed by atoms with Crippen molar-refractivity contribution >= 4 is 5.84 Å². The lowest BCUT2D eigenvalue weighted by Gasteiger charge is -2.25. The molecule has 0 aliphatic rings. The molecule has 0 bridgehead atoms. The summed E-state index contributed by atoms with van der Waals surface area (Å²) in [5.41, 5.74) is 4.86. The number of hydrogen-bond donors (Lipinski definition) is 2. The van der Waals surface area contributed by atoms with Crippen molar-refractivity contribution in [3.8, 4) is 0 Å². The van der Waals surface area contributed by atoms with E-state index in [1.807, 2.05) is 0 Å². The van der Waals surface area contributed by atoms with Gasteiger partial charge in [0.1, 0.15) is 5.92 Å². The van der Waals surface area contributed by atoms with Crippen molar-refractivity contribution in [2.75, 3.05) is 20.1 Å². The molecule has 108 valence electrons. The summed E-state index contributed by atoms with van der Waals surface area (Å²) < 4.78 is 73.0. The average Bonchev–Trinajstić information content (AvgIpc) is 2.19. The largest absolute Gasteiger partial charge is 0.409 e. The van der Waals surface area contributed by atoms with E-state index >= 15 is 0 Å². The molecular formula is C8H13F6N3O. The Morgan fingerprint density at radius 1 is 1.28 bits per heavy atom. The van der Waals surface area contributed by atoms with Crippen LogP contribution in [0.2, 0.25) is 0 Å². The monoisotopic (exact) mass is 281 g/mol. The molecule has 0 radical (unpaired) electrons. The minimum atomic E-state index is -4.79. The Morgan fingerprint density at radius 3 is 2.11 bits per heavy atom. The molecule has 0 heterocycles. The summed E-state index contributed by atoms with van der Waals surface area (Å²) in [5, 5.41) is 10.4. The fourth-order valence-corrected chi connectivity index (χ4v) is 1.16. The van der Waals surface area contributed by atoms with Crippen LogP contribution in [0.3, 0.4) is 0 Å². The molecule has 4 nitrogen and oxygen atoms in total. The van der Waals surface area contributed by atoms with Gasteiger partial charge < -0.3 is 15.8 Å². The third-order valence-corrected chi connectivity index (χ3v) is 2.14. The highest BCUT2D eigenvalue weighted by Gasteiger charge is 2.43. The zero-order chi connectivity index (χ0) is 14.6. The van der Waals surface area contributed by atoms with Gasteiger partial charge in [-0.25, -0.2) is 0 Å². The van der Waals surface area contributed by atoms with E-state index in [9.17, 15) is 26.3 Å². The Kier molecular flexibility index (Phi) is 5.71. The zero-order valence-corrected chi connectivity index (χ0v) is 9.39. The predicted molar refractivity (Wildman–Crippen MR) is 51.1 cm³/mol. The Labute approximate surface area is 99.0 Å². The maximum atomic E-state index is 12.5. The minimum Gasteiger partial charge on any atom is -0.409 e. The van der Waals surface area contributed by atoms with Crippen molar-refractivity contribution in [1.82, 2.24) is 4.90 Å². The number of nitrogens with zero attached hydrogens (tertiary/aromatic N) is 2. The van der Waals surface area contributed by atoms with Crippen LogP contribution in [0.25, 0.3) is 0 Å². The van der Waals surface area contributed by atoms with Gasteiger partial charge in [-0.15, -0.1) is 0 Å². The molecule has 0 aliphatic heterocycles. The van der Waals surface area contributed by atoms with Gasteiger partial charge >= 0.3 is 12.4 Å². The maximum absolute atomic E-state index is 12.5. The summed E-state index contributed by atoms with van der Waals surface area (Å²) in [7, 11) is 1.09. The van der Waals surface area contributed by atoms with Crippen molar-refractivity contribution in [1.29, 1.82) is 0 Å². The molecule has 0 amide bonds. The number of nitrogens with two attached hydrogens (primary N) is 1. The number of oxime groups is 1. The normalized spacial score (nSPS) is 16.1. The molecule has 0 aromatic rings. The van der Waals surface area contributed by atoms with Crippen molar-refractivity contribution in [2.24, 2.45) is 16.8 Å². The van der Waals surface area contributed by atoms with E-state index in [0.29, 0.717) is 0 Å². The topological polar surface area (TPSA) is 61.8 Å². The van der Waals surface area contributed by atoms with Crippen LogP contribution in [0.4, 0.5) is 26.3 Å². The molecule has 0 aromatic heterocycles. The molecule has 0 aromatic carbocycles. The standard InChI is InChI=1S/C8H13F6N3O/c1-17(3-2-7(9,10)11)4-5(6(15)16-18)8(12,13)14/h5,18H,2-4H2,1H3,(H2,15,16). The number of amidine groups is 1. The molecule has 10 heteroatoms. The number of halogens is 6. The summed E-state index contributed by atoms with van der Waals surface area (Å²) in [5.74, 6) is -3.39. The highest BCUT2D eigenvalue weighted by Crippen LogP contribution is 2.27. The highest BCUT2D eigenvalue weighted by molar-refractivity contribution is 5.83. The van der Waals surface area contributed by atoms with Gasteiger partial charge in [0.25, 0.3) is 0 Å².